The van der Waals surface area contributed by atoms with Crippen molar-refractivity contribution in [2.75, 3.05) is 0 Å². The normalized spacial score (nSPS) is 11.4. The number of rotatable bonds is 3. The van der Waals surface area contributed by atoms with Crippen LogP contribution in [0.25, 0.3) is 0 Å². The molecular formula is C9H10ClNO2S. The van der Waals surface area contributed by atoms with Crippen molar-refractivity contribution >= 4 is 29.3 Å². The number of hydrogen-bond donors (Lipinski definition) is 1. The minimum absolute atomic E-state index is 0.479. The highest BCUT2D eigenvalue weighted by molar-refractivity contribution is 8.01. The molecule has 76 valence electrons. The fourth-order valence-electron chi connectivity index (χ4n) is 0.764. The molecule has 1 heterocycles. The number of halogens is 1. The highest BCUT2D eigenvalue weighted by Gasteiger charge is 2.29. The van der Waals surface area contributed by atoms with Gasteiger partial charge in [-0.15, -0.1) is 11.8 Å². The van der Waals surface area contributed by atoms with Crippen molar-refractivity contribution in [2.24, 2.45) is 0 Å². The molecule has 14 heavy (non-hydrogen) atoms. The molecule has 0 radical (unpaired) electrons. The molecule has 0 atom stereocenters. The van der Waals surface area contributed by atoms with Gasteiger partial charge in [0.1, 0.15) is 4.75 Å². The van der Waals surface area contributed by atoms with E-state index in [9.17, 15) is 4.79 Å². The summed E-state index contributed by atoms with van der Waals surface area (Å²) in [6, 6.07) is 1.71. The Morgan fingerprint density at radius 1 is 1.64 bits per heavy atom. The largest absolute Gasteiger partial charge is 0.480 e. The Labute approximate surface area is 91.5 Å². The molecule has 3 nitrogen and oxygen atoms in total. The minimum atomic E-state index is -0.884. The zero-order chi connectivity index (χ0) is 10.8. The van der Waals surface area contributed by atoms with E-state index in [-0.39, 0.29) is 0 Å². The number of carboxylic acid groups (broad SMARTS) is 1. The van der Waals surface area contributed by atoms with Crippen molar-refractivity contribution in [2.45, 2.75) is 23.5 Å². The summed E-state index contributed by atoms with van der Waals surface area (Å²) in [6.45, 7) is 3.27. The average molecular weight is 232 g/mol. The number of aliphatic carboxylic acids is 1. The summed E-state index contributed by atoms with van der Waals surface area (Å²) in [6.07, 6.45) is 3.09. The maximum absolute atomic E-state index is 10.9. The molecule has 0 unspecified atom stereocenters. The van der Waals surface area contributed by atoms with Gasteiger partial charge in [0.15, 0.2) is 0 Å². The Morgan fingerprint density at radius 3 is 2.79 bits per heavy atom. The summed E-state index contributed by atoms with van der Waals surface area (Å²) in [5.41, 5.74) is 0. The van der Waals surface area contributed by atoms with Gasteiger partial charge in [0.2, 0.25) is 0 Å². The highest BCUT2D eigenvalue weighted by Crippen LogP contribution is 2.36. The second-order valence-corrected chi connectivity index (χ2v) is 5.30. The van der Waals surface area contributed by atoms with Crippen LogP contribution in [0.3, 0.4) is 0 Å². The SMILES string of the molecule is CC(C)(Sc1ccncc1Cl)C(=O)O. The third kappa shape index (κ3) is 2.62. The van der Waals surface area contributed by atoms with Crippen molar-refractivity contribution in [3.63, 3.8) is 0 Å². The van der Waals surface area contributed by atoms with E-state index in [4.69, 9.17) is 16.7 Å². The molecule has 5 heteroatoms. The molecule has 0 saturated heterocycles. The van der Waals surface area contributed by atoms with Gasteiger partial charge < -0.3 is 5.11 Å². The Bertz CT molecular complexity index is 354. The van der Waals surface area contributed by atoms with Crippen LogP contribution >= 0.6 is 23.4 Å². The van der Waals surface area contributed by atoms with E-state index in [2.05, 4.69) is 4.98 Å². The molecule has 0 aliphatic carbocycles. The van der Waals surface area contributed by atoms with E-state index in [1.165, 1.54) is 18.0 Å². The fraction of sp³-hybridized carbons (Fsp3) is 0.333. The van der Waals surface area contributed by atoms with Crippen LogP contribution in [0.4, 0.5) is 0 Å². The molecule has 1 aromatic heterocycles. The van der Waals surface area contributed by atoms with Crippen LogP contribution in [-0.4, -0.2) is 20.8 Å². The Morgan fingerprint density at radius 2 is 2.29 bits per heavy atom. The zero-order valence-corrected chi connectivity index (χ0v) is 9.39. The maximum atomic E-state index is 10.9. The van der Waals surface area contributed by atoms with E-state index >= 15 is 0 Å². The lowest BCUT2D eigenvalue weighted by atomic mass is 10.2. The topological polar surface area (TPSA) is 50.2 Å². The summed E-state index contributed by atoms with van der Waals surface area (Å²) in [7, 11) is 0. The van der Waals surface area contributed by atoms with E-state index < -0.39 is 10.7 Å². The first-order valence-electron chi connectivity index (χ1n) is 3.95. The molecular weight excluding hydrogens is 222 g/mol. The number of carboxylic acids is 1. The third-order valence-electron chi connectivity index (χ3n) is 1.62. The summed E-state index contributed by atoms with van der Waals surface area (Å²) >= 11 is 7.07. The van der Waals surface area contributed by atoms with E-state index in [1.54, 1.807) is 26.1 Å². The van der Waals surface area contributed by atoms with Gasteiger partial charge in [-0.2, -0.15) is 0 Å². The predicted molar refractivity (Wildman–Crippen MR) is 56.8 cm³/mol. The maximum Gasteiger partial charge on any atom is 0.319 e. The summed E-state index contributed by atoms with van der Waals surface area (Å²) < 4.78 is -0.884. The van der Waals surface area contributed by atoms with Gasteiger partial charge in [-0.25, -0.2) is 0 Å². The Balaban J connectivity index is 2.89. The third-order valence-corrected chi connectivity index (χ3v) is 3.29. The summed E-state index contributed by atoms with van der Waals surface area (Å²) in [5, 5.41) is 9.39. The van der Waals surface area contributed by atoms with E-state index in [1.807, 2.05) is 0 Å². The molecule has 0 amide bonds. The summed E-state index contributed by atoms with van der Waals surface area (Å²) in [4.78, 5) is 15.4. The van der Waals surface area contributed by atoms with Crippen LogP contribution in [0.15, 0.2) is 23.4 Å². The standard InChI is InChI=1S/C9H10ClNO2S/c1-9(2,8(12)13)14-7-3-4-11-5-6(7)10/h3-5H,1-2H3,(H,12,13). The Hall–Kier alpha value is -0.740. The lowest BCUT2D eigenvalue weighted by Gasteiger charge is -2.18. The van der Waals surface area contributed by atoms with Crippen molar-refractivity contribution in [3.05, 3.63) is 23.5 Å². The predicted octanol–water partition coefficient (Wildman–Crippen LogP) is 2.69. The molecule has 0 aliphatic heterocycles. The monoisotopic (exact) mass is 231 g/mol. The van der Waals surface area contributed by atoms with Crippen LogP contribution in [0, 0.1) is 0 Å². The van der Waals surface area contributed by atoms with Gasteiger partial charge in [0.25, 0.3) is 0 Å². The number of carbonyl (C=O) groups is 1. The van der Waals surface area contributed by atoms with Gasteiger partial charge in [-0.1, -0.05) is 11.6 Å². The van der Waals surface area contributed by atoms with Crippen LogP contribution in [0.2, 0.25) is 5.02 Å². The second-order valence-electron chi connectivity index (χ2n) is 3.22. The van der Waals surface area contributed by atoms with Crippen LogP contribution < -0.4 is 0 Å². The smallest absolute Gasteiger partial charge is 0.319 e. The minimum Gasteiger partial charge on any atom is -0.480 e. The molecule has 1 N–H and O–H groups in total. The van der Waals surface area contributed by atoms with Crippen molar-refractivity contribution in [1.29, 1.82) is 0 Å². The van der Waals surface area contributed by atoms with Gasteiger partial charge >= 0.3 is 5.97 Å². The van der Waals surface area contributed by atoms with Crippen molar-refractivity contribution in [1.82, 2.24) is 4.98 Å². The fourth-order valence-corrected chi connectivity index (χ4v) is 1.92. The van der Waals surface area contributed by atoms with Crippen molar-refractivity contribution < 1.29 is 9.90 Å². The number of hydrogen-bond acceptors (Lipinski definition) is 3. The first kappa shape index (κ1) is 11.3. The number of thioether (sulfide) groups is 1. The number of aromatic nitrogens is 1. The lowest BCUT2D eigenvalue weighted by molar-refractivity contribution is -0.138. The van der Waals surface area contributed by atoms with Crippen LogP contribution in [0.1, 0.15) is 13.8 Å². The Kier molecular flexibility index (Phi) is 3.39. The van der Waals surface area contributed by atoms with Gasteiger partial charge in [-0.3, -0.25) is 9.78 Å². The van der Waals surface area contributed by atoms with Crippen molar-refractivity contribution in [3.8, 4) is 0 Å². The highest BCUT2D eigenvalue weighted by atomic mass is 35.5. The number of pyridine rings is 1. The molecule has 1 aromatic rings. The molecule has 0 fully saturated rings. The average Bonchev–Trinajstić information content (AvgIpc) is 2.08. The first-order chi connectivity index (χ1) is 6.43. The molecule has 0 aromatic carbocycles. The van der Waals surface area contributed by atoms with Gasteiger partial charge in [0.05, 0.1) is 5.02 Å². The van der Waals surface area contributed by atoms with Gasteiger partial charge in [0, 0.05) is 17.3 Å². The summed E-state index contributed by atoms with van der Waals surface area (Å²) in [5.74, 6) is -0.865. The lowest BCUT2D eigenvalue weighted by Crippen LogP contribution is -2.26. The van der Waals surface area contributed by atoms with Gasteiger partial charge in [-0.05, 0) is 19.9 Å². The quantitative estimate of drug-likeness (QED) is 0.813. The van der Waals surface area contributed by atoms with Crippen LogP contribution in [0.5, 0.6) is 0 Å². The van der Waals surface area contributed by atoms with E-state index in [0.29, 0.717) is 5.02 Å². The number of nitrogens with zero attached hydrogens (tertiary/aromatic N) is 1. The second kappa shape index (κ2) is 4.19. The van der Waals surface area contributed by atoms with Crippen LogP contribution in [-0.2, 0) is 4.79 Å². The van der Waals surface area contributed by atoms with E-state index in [0.717, 1.165) is 4.90 Å². The molecule has 0 aliphatic rings. The molecule has 1 rings (SSSR count). The first-order valence-corrected chi connectivity index (χ1v) is 5.15. The molecule has 0 bridgehead atoms. The zero-order valence-electron chi connectivity index (χ0n) is 7.82. The molecule has 0 saturated carbocycles. The molecule has 0 spiro atoms.